The van der Waals surface area contributed by atoms with E-state index in [-0.39, 0.29) is 0 Å². The van der Waals surface area contributed by atoms with Crippen molar-refractivity contribution in [3.8, 4) is 11.5 Å². The normalized spacial score (nSPS) is 16.1. The van der Waals surface area contributed by atoms with Crippen LogP contribution in [0.5, 0.6) is 11.5 Å². The van der Waals surface area contributed by atoms with E-state index in [9.17, 15) is 0 Å². The van der Waals surface area contributed by atoms with Gasteiger partial charge in [-0.1, -0.05) is 19.9 Å². The number of rotatable bonds is 6. The molecule has 1 aromatic carbocycles. The lowest BCUT2D eigenvalue weighted by atomic mass is 10.0. The molecule has 0 aromatic heterocycles. The van der Waals surface area contributed by atoms with Gasteiger partial charge in [0, 0.05) is 25.6 Å². The van der Waals surface area contributed by atoms with Crippen molar-refractivity contribution in [1.82, 2.24) is 10.2 Å². The van der Waals surface area contributed by atoms with Crippen LogP contribution in [0, 0.1) is 5.92 Å². The maximum absolute atomic E-state index is 5.75. The van der Waals surface area contributed by atoms with Gasteiger partial charge in [0.2, 0.25) is 0 Å². The highest BCUT2D eigenvalue weighted by Gasteiger charge is 2.15. The smallest absolute Gasteiger partial charge is 0.161 e. The molecule has 0 amide bonds. The van der Waals surface area contributed by atoms with Gasteiger partial charge in [0.15, 0.2) is 11.5 Å². The summed E-state index contributed by atoms with van der Waals surface area (Å²) in [6.45, 7) is 7.89. The van der Waals surface area contributed by atoms with Crippen LogP contribution < -0.4 is 14.8 Å². The average Bonchev–Trinajstić information content (AvgIpc) is 2.67. The van der Waals surface area contributed by atoms with Crippen LogP contribution >= 0.6 is 0 Å². The van der Waals surface area contributed by atoms with Crippen molar-refractivity contribution in [3.05, 3.63) is 23.8 Å². The SMILES string of the molecule is CC(C)C(CN(C)C)NCc1ccc2c(c1)OCCCO2. The van der Waals surface area contributed by atoms with Crippen LogP contribution in [0.4, 0.5) is 0 Å². The molecule has 4 nitrogen and oxygen atoms in total. The molecule has 1 unspecified atom stereocenters. The molecule has 0 saturated heterocycles. The van der Waals surface area contributed by atoms with Crippen molar-refractivity contribution in [3.63, 3.8) is 0 Å². The van der Waals surface area contributed by atoms with Gasteiger partial charge in [-0.2, -0.15) is 0 Å². The van der Waals surface area contributed by atoms with E-state index < -0.39 is 0 Å². The maximum atomic E-state index is 5.75. The minimum Gasteiger partial charge on any atom is -0.490 e. The summed E-state index contributed by atoms with van der Waals surface area (Å²) in [7, 11) is 4.23. The molecule has 1 heterocycles. The van der Waals surface area contributed by atoms with Crippen molar-refractivity contribution in [2.45, 2.75) is 32.9 Å². The van der Waals surface area contributed by atoms with E-state index in [4.69, 9.17) is 9.47 Å². The molecule has 1 atom stereocenters. The van der Waals surface area contributed by atoms with Crippen LogP contribution in [-0.4, -0.2) is 44.8 Å². The van der Waals surface area contributed by atoms with Gasteiger partial charge in [-0.15, -0.1) is 0 Å². The van der Waals surface area contributed by atoms with E-state index >= 15 is 0 Å². The lowest BCUT2D eigenvalue weighted by molar-refractivity contribution is 0.287. The van der Waals surface area contributed by atoms with Gasteiger partial charge in [-0.25, -0.2) is 0 Å². The van der Waals surface area contributed by atoms with Crippen LogP contribution in [0.1, 0.15) is 25.8 Å². The summed E-state index contributed by atoms with van der Waals surface area (Å²) < 4.78 is 11.4. The summed E-state index contributed by atoms with van der Waals surface area (Å²) in [5, 5.41) is 3.65. The van der Waals surface area contributed by atoms with E-state index in [1.807, 2.05) is 6.07 Å². The Morgan fingerprint density at radius 3 is 2.52 bits per heavy atom. The van der Waals surface area contributed by atoms with Crippen LogP contribution in [-0.2, 0) is 6.54 Å². The summed E-state index contributed by atoms with van der Waals surface area (Å²) in [5.41, 5.74) is 1.24. The van der Waals surface area contributed by atoms with Crippen LogP contribution in [0.25, 0.3) is 0 Å². The van der Waals surface area contributed by atoms with Crippen LogP contribution in [0.15, 0.2) is 18.2 Å². The number of nitrogens with zero attached hydrogens (tertiary/aromatic N) is 1. The number of benzene rings is 1. The second-order valence-electron chi connectivity index (χ2n) is 6.33. The van der Waals surface area contributed by atoms with Crippen LogP contribution in [0.3, 0.4) is 0 Å². The molecule has 2 rings (SSSR count). The zero-order chi connectivity index (χ0) is 15.2. The first kappa shape index (κ1) is 16.1. The fraction of sp³-hybridized carbons (Fsp3) is 0.647. The highest BCUT2D eigenvalue weighted by Crippen LogP contribution is 2.30. The Morgan fingerprint density at radius 2 is 1.86 bits per heavy atom. The first-order valence-corrected chi connectivity index (χ1v) is 7.83. The topological polar surface area (TPSA) is 33.7 Å². The second kappa shape index (κ2) is 7.66. The Labute approximate surface area is 128 Å². The van der Waals surface area contributed by atoms with Gasteiger partial charge >= 0.3 is 0 Å². The number of likely N-dealkylation sites (N-methyl/N-ethyl adjacent to an activating group) is 1. The molecular formula is C17H28N2O2. The molecule has 1 N–H and O–H groups in total. The van der Waals surface area contributed by atoms with E-state index in [1.165, 1.54) is 5.56 Å². The molecule has 21 heavy (non-hydrogen) atoms. The van der Waals surface area contributed by atoms with Gasteiger partial charge in [-0.3, -0.25) is 0 Å². The summed E-state index contributed by atoms with van der Waals surface area (Å²) >= 11 is 0. The van der Waals surface area contributed by atoms with E-state index in [2.05, 4.69) is 50.3 Å². The molecule has 118 valence electrons. The number of ether oxygens (including phenoxy) is 2. The van der Waals surface area contributed by atoms with Crippen molar-refractivity contribution in [2.24, 2.45) is 5.92 Å². The van der Waals surface area contributed by atoms with Crippen LogP contribution in [0.2, 0.25) is 0 Å². The van der Waals surface area contributed by atoms with Gasteiger partial charge in [-0.05, 0) is 37.7 Å². The van der Waals surface area contributed by atoms with Crippen molar-refractivity contribution >= 4 is 0 Å². The first-order valence-electron chi connectivity index (χ1n) is 7.83. The Morgan fingerprint density at radius 1 is 1.14 bits per heavy atom. The predicted molar refractivity (Wildman–Crippen MR) is 86.1 cm³/mol. The fourth-order valence-electron chi connectivity index (χ4n) is 2.47. The number of nitrogens with one attached hydrogen (secondary N) is 1. The second-order valence-corrected chi connectivity index (χ2v) is 6.33. The van der Waals surface area contributed by atoms with E-state index in [0.29, 0.717) is 12.0 Å². The predicted octanol–water partition coefficient (Wildman–Crippen LogP) is 2.52. The Bertz CT molecular complexity index is 446. The van der Waals surface area contributed by atoms with E-state index in [1.54, 1.807) is 0 Å². The molecule has 0 spiro atoms. The minimum atomic E-state index is 0.482. The Balaban J connectivity index is 1.97. The lowest BCUT2D eigenvalue weighted by Crippen LogP contribution is -2.41. The summed E-state index contributed by atoms with van der Waals surface area (Å²) in [6.07, 6.45) is 0.945. The molecule has 0 bridgehead atoms. The number of hydrogen-bond donors (Lipinski definition) is 1. The first-order chi connectivity index (χ1) is 10.1. The number of hydrogen-bond acceptors (Lipinski definition) is 4. The van der Waals surface area contributed by atoms with Gasteiger partial charge < -0.3 is 19.7 Å². The van der Waals surface area contributed by atoms with Gasteiger partial charge in [0.25, 0.3) is 0 Å². The molecule has 0 fully saturated rings. The van der Waals surface area contributed by atoms with Gasteiger partial charge in [0.1, 0.15) is 0 Å². The lowest BCUT2D eigenvalue weighted by Gasteiger charge is -2.26. The standard InChI is InChI=1S/C17H28N2O2/c1-13(2)15(12-19(3)4)18-11-14-6-7-16-17(10-14)21-9-5-8-20-16/h6-7,10,13,15,18H,5,8-9,11-12H2,1-4H3. The van der Waals surface area contributed by atoms with Crippen molar-refractivity contribution in [2.75, 3.05) is 33.9 Å². The zero-order valence-electron chi connectivity index (χ0n) is 13.7. The molecule has 0 aliphatic carbocycles. The Kier molecular flexibility index (Phi) is 5.88. The summed E-state index contributed by atoms with van der Waals surface area (Å²) in [6, 6.07) is 6.72. The molecule has 4 heteroatoms. The van der Waals surface area contributed by atoms with Gasteiger partial charge in [0.05, 0.1) is 13.2 Å². The molecule has 1 aliphatic heterocycles. The molecule has 0 radical (unpaired) electrons. The maximum Gasteiger partial charge on any atom is 0.161 e. The molecule has 0 saturated carbocycles. The van der Waals surface area contributed by atoms with E-state index in [0.717, 1.165) is 44.2 Å². The summed E-state index contributed by atoms with van der Waals surface area (Å²) in [5.74, 6) is 2.35. The highest BCUT2D eigenvalue weighted by molar-refractivity contribution is 5.43. The molecule has 1 aliphatic rings. The quantitative estimate of drug-likeness (QED) is 0.873. The number of fused-ring (bicyclic) bond motifs is 1. The fourth-order valence-corrected chi connectivity index (χ4v) is 2.47. The largest absolute Gasteiger partial charge is 0.490 e. The third-order valence-electron chi connectivity index (χ3n) is 3.75. The third-order valence-corrected chi connectivity index (χ3v) is 3.75. The molecule has 1 aromatic rings. The third kappa shape index (κ3) is 4.90. The Hall–Kier alpha value is -1.26. The zero-order valence-corrected chi connectivity index (χ0v) is 13.7. The summed E-state index contributed by atoms with van der Waals surface area (Å²) in [4.78, 5) is 2.23. The highest BCUT2D eigenvalue weighted by atomic mass is 16.5. The van der Waals surface area contributed by atoms with Crippen molar-refractivity contribution in [1.29, 1.82) is 0 Å². The minimum absolute atomic E-state index is 0.482. The van der Waals surface area contributed by atoms with Crippen molar-refractivity contribution < 1.29 is 9.47 Å². The average molecular weight is 292 g/mol. The monoisotopic (exact) mass is 292 g/mol. The molecular weight excluding hydrogens is 264 g/mol.